The highest BCUT2D eigenvalue weighted by Gasteiger charge is 2.72. The van der Waals surface area contributed by atoms with Gasteiger partial charge >= 0.3 is 0 Å². The summed E-state index contributed by atoms with van der Waals surface area (Å²) in [5.41, 5.74) is -0.596. The molecule has 0 amide bonds. The largest absolute Gasteiger partial charge is 0.385 e. The van der Waals surface area contributed by atoms with Crippen LogP contribution < -0.4 is 0 Å². The van der Waals surface area contributed by atoms with Gasteiger partial charge in [0.25, 0.3) is 0 Å². The smallest absolute Gasteiger partial charge is 0.0958 e. The van der Waals surface area contributed by atoms with Gasteiger partial charge in [-0.1, -0.05) is 62.3 Å². The summed E-state index contributed by atoms with van der Waals surface area (Å²) < 4.78 is 0. The molecule has 0 heterocycles. The number of fused-ring (bicyclic) bond motifs is 6. The highest BCUT2D eigenvalue weighted by molar-refractivity contribution is 5.46. The van der Waals surface area contributed by atoms with Gasteiger partial charge < -0.3 is 15.3 Å². The lowest BCUT2D eigenvalue weighted by atomic mass is 9.58. The zero-order valence-electron chi connectivity index (χ0n) is 26.2. The van der Waals surface area contributed by atoms with E-state index in [1.807, 2.05) is 0 Å². The van der Waals surface area contributed by atoms with Crippen LogP contribution in [0, 0.1) is 50.2 Å². The van der Waals surface area contributed by atoms with Gasteiger partial charge in [-0.25, -0.2) is 0 Å². The second kappa shape index (κ2) is 7.00. The summed E-state index contributed by atoms with van der Waals surface area (Å²) in [6, 6.07) is 6.58. The third-order valence-corrected chi connectivity index (χ3v) is 17.0. The van der Waals surface area contributed by atoms with Crippen LogP contribution in [0.15, 0.2) is 18.2 Å². The molecule has 6 saturated carbocycles. The second-order valence-corrected chi connectivity index (χ2v) is 17.9. The van der Waals surface area contributed by atoms with Gasteiger partial charge in [0, 0.05) is 16.2 Å². The van der Waals surface area contributed by atoms with Gasteiger partial charge in [-0.05, 0) is 127 Å². The van der Waals surface area contributed by atoms with Crippen LogP contribution in [0.3, 0.4) is 0 Å². The van der Waals surface area contributed by atoms with Gasteiger partial charge in [0.15, 0.2) is 0 Å². The minimum Gasteiger partial charge on any atom is -0.385 e. The molecule has 1 aromatic rings. The second-order valence-electron chi connectivity index (χ2n) is 17.9. The summed E-state index contributed by atoms with van der Waals surface area (Å²) in [6.45, 7) is 21.0. The lowest BCUT2D eigenvalue weighted by molar-refractivity contribution is -0.106. The summed E-state index contributed by atoms with van der Waals surface area (Å²) in [7, 11) is 0. The van der Waals surface area contributed by atoms with E-state index in [1.165, 1.54) is 19.3 Å². The maximum atomic E-state index is 12.8. The maximum Gasteiger partial charge on any atom is 0.0958 e. The molecular weight excluding hydrogens is 480 g/mol. The predicted octanol–water partition coefficient (Wildman–Crippen LogP) is 7.79. The van der Waals surface area contributed by atoms with E-state index in [0.717, 1.165) is 55.2 Å². The molecule has 0 unspecified atom stereocenters. The molecule has 0 spiro atoms. The normalized spacial score (nSPS) is 53.7. The van der Waals surface area contributed by atoms with E-state index < -0.39 is 16.8 Å². The number of benzene rings is 1. The lowest BCUT2D eigenvalue weighted by Crippen LogP contribution is -2.48. The topological polar surface area (TPSA) is 60.7 Å². The molecular formula is C36H54O3. The summed E-state index contributed by atoms with van der Waals surface area (Å²) in [5.74, 6) is 1.47. The van der Waals surface area contributed by atoms with Gasteiger partial charge in [-0.3, -0.25) is 0 Å². The first-order valence-electron chi connectivity index (χ1n) is 16.1. The van der Waals surface area contributed by atoms with Crippen molar-refractivity contribution in [2.24, 2.45) is 50.2 Å². The van der Waals surface area contributed by atoms with E-state index in [-0.39, 0.29) is 32.5 Å². The van der Waals surface area contributed by atoms with Crippen molar-refractivity contribution in [3.8, 4) is 0 Å². The fourth-order valence-electron chi connectivity index (χ4n) is 12.5. The molecule has 3 N–H and O–H groups in total. The van der Waals surface area contributed by atoms with E-state index in [0.29, 0.717) is 17.8 Å². The van der Waals surface area contributed by atoms with Crippen molar-refractivity contribution in [3.63, 3.8) is 0 Å². The average molecular weight is 535 g/mol. The molecule has 1 aromatic carbocycles. The fourth-order valence-corrected chi connectivity index (χ4v) is 12.5. The molecule has 6 bridgehead atoms. The first-order valence-corrected chi connectivity index (χ1v) is 16.1. The Bertz CT molecular complexity index is 1100. The number of aliphatic hydroxyl groups is 3. The zero-order chi connectivity index (χ0) is 28.4. The highest BCUT2D eigenvalue weighted by atomic mass is 16.3. The van der Waals surface area contributed by atoms with Crippen LogP contribution >= 0.6 is 0 Å². The zero-order valence-corrected chi connectivity index (χ0v) is 26.2. The van der Waals surface area contributed by atoms with Crippen molar-refractivity contribution < 1.29 is 15.3 Å². The standard InChI is InChI=1S/C36H54O3/c1-28(2)22-10-13-31(28,7)34(37,19-22)25-16-26(35(38)20-23-11-14-32(35,8)29(23,3)4)18-27(17-25)36(39)21-24-12-15-33(36,9)30(24,5)6/h16-18,22-24,37-39H,10-15,19-21H2,1-9H3/t22-,23-,24-,31-,32-,33-,34+,35+,36+/m1/s1. The molecule has 6 aliphatic rings. The minimum absolute atomic E-state index is 0.0481. The van der Waals surface area contributed by atoms with Crippen molar-refractivity contribution >= 4 is 0 Å². The SMILES string of the molecule is CC1(C)[C@@H]2CC[C@@]1(C)[C@@](O)(c1cc([C@@]3(O)C[C@H]4CC[C@]3(C)C4(C)C)cc([C@@]3(O)C[C@H]4CC[C@]3(C)C4(C)C)c1)C2. The number of hydrogen-bond acceptors (Lipinski definition) is 3. The molecule has 0 saturated heterocycles. The Morgan fingerprint density at radius 1 is 0.462 bits per heavy atom. The van der Waals surface area contributed by atoms with Crippen LogP contribution in [0.4, 0.5) is 0 Å². The molecule has 3 nitrogen and oxygen atoms in total. The number of hydrogen-bond donors (Lipinski definition) is 3. The van der Waals surface area contributed by atoms with Crippen LogP contribution in [0.5, 0.6) is 0 Å². The molecule has 3 heteroatoms. The van der Waals surface area contributed by atoms with Crippen molar-refractivity contribution in [3.05, 3.63) is 34.9 Å². The molecule has 6 fully saturated rings. The van der Waals surface area contributed by atoms with Gasteiger partial charge in [0.2, 0.25) is 0 Å². The summed E-state index contributed by atoms with van der Waals surface area (Å²) in [5, 5.41) is 38.4. The fraction of sp³-hybridized carbons (Fsp3) is 0.833. The average Bonchev–Trinajstić information content (AvgIpc) is 3.47. The monoisotopic (exact) mass is 534 g/mol. The van der Waals surface area contributed by atoms with Gasteiger partial charge in [0.1, 0.15) is 0 Å². The van der Waals surface area contributed by atoms with Gasteiger partial charge in [-0.15, -0.1) is 0 Å². The van der Waals surface area contributed by atoms with E-state index >= 15 is 0 Å². The van der Waals surface area contributed by atoms with Crippen molar-refractivity contribution in [2.75, 3.05) is 0 Å². The van der Waals surface area contributed by atoms with Gasteiger partial charge in [0.05, 0.1) is 16.8 Å². The van der Waals surface area contributed by atoms with Crippen LogP contribution in [0.2, 0.25) is 0 Å². The van der Waals surface area contributed by atoms with Crippen molar-refractivity contribution in [2.45, 2.75) is 137 Å². The summed E-state index contributed by atoms with van der Waals surface area (Å²) in [6.07, 6.45) is 8.90. The Morgan fingerprint density at radius 2 is 0.692 bits per heavy atom. The first kappa shape index (κ1) is 27.0. The highest BCUT2D eigenvalue weighted by Crippen LogP contribution is 2.76. The molecule has 7 rings (SSSR count). The van der Waals surface area contributed by atoms with Crippen molar-refractivity contribution in [1.29, 1.82) is 0 Å². The minimum atomic E-state index is -0.959. The quantitative estimate of drug-likeness (QED) is 0.371. The van der Waals surface area contributed by atoms with E-state index in [4.69, 9.17) is 0 Å². The Hall–Kier alpha value is -0.900. The third-order valence-electron chi connectivity index (χ3n) is 17.0. The van der Waals surface area contributed by atoms with Crippen LogP contribution in [0.1, 0.15) is 137 Å². The third kappa shape index (κ3) is 2.54. The van der Waals surface area contributed by atoms with Crippen LogP contribution in [-0.2, 0) is 16.8 Å². The van der Waals surface area contributed by atoms with E-state index in [1.54, 1.807) is 0 Å². The molecule has 9 atom stereocenters. The van der Waals surface area contributed by atoms with Crippen LogP contribution in [0.25, 0.3) is 0 Å². The van der Waals surface area contributed by atoms with E-state index in [9.17, 15) is 15.3 Å². The van der Waals surface area contributed by atoms with Gasteiger partial charge in [-0.2, -0.15) is 0 Å². The van der Waals surface area contributed by atoms with Crippen LogP contribution in [-0.4, -0.2) is 15.3 Å². The molecule has 0 radical (unpaired) electrons. The molecule has 0 aromatic heterocycles. The molecule has 39 heavy (non-hydrogen) atoms. The molecule has 216 valence electrons. The van der Waals surface area contributed by atoms with Crippen molar-refractivity contribution in [1.82, 2.24) is 0 Å². The Balaban J connectivity index is 1.46. The Morgan fingerprint density at radius 3 is 0.846 bits per heavy atom. The Labute approximate surface area is 237 Å². The first-order chi connectivity index (χ1) is 17.8. The number of rotatable bonds is 3. The summed E-state index contributed by atoms with van der Waals surface area (Å²) in [4.78, 5) is 0. The molecule has 6 aliphatic carbocycles. The predicted molar refractivity (Wildman–Crippen MR) is 156 cm³/mol. The molecule has 0 aliphatic heterocycles. The Kier molecular flexibility index (Phi) is 4.84. The maximum absolute atomic E-state index is 12.8. The summed E-state index contributed by atoms with van der Waals surface area (Å²) >= 11 is 0. The van der Waals surface area contributed by atoms with E-state index in [2.05, 4.69) is 80.5 Å². The lowest BCUT2D eigenvalue weighted by Gasteiger charge is -2.50.